The summed E-state index contributed by atoms with van der Waals surface area (Å²) in [6.07, 6.45) is 4.32. The van der Waals surface area contributed by atoms with Gasteiger partial charge in [0.25, 0.3) is 0 Å². The summed E-state index contributed by atoms with van der Waals surface area (Å²) in [7, 11) is 0. The molecule has 0 N–H and O–H groups in total. The lowest BCUT2D eigenvalue weighted by atomic mass is 10.0. The highest BCUT2D eigenvalue weighted by Gasteiger charge is 2.13. The lowest BCUT2D eigenvalue weighted by Crippen LogP contribution is -2.02. The van der Waals surface area contributed by atoms with Gasteiger partial charge in [0, 0.05) is 10.6 Å². The third-order valence-electron chi connectivity index (χ3n) is 3.69. The van der Waals surface area contributed by atoms with Gasteiger partial charge in [-0.1, -0.05) is 29.8 Å². The normalized spacial score (nSPS) is 10.9. The molecule has 0 aromatic heterocycles. The van der Waals surface area contributed by atoms with Crippen molar-refractivity contribution in [3.8, 4) is 17.6 Å². The lowest BCUT2D eigenvalue weighted by Gasteiger charge is -2.16. The van der Waals surface area contributed by atoms with Gasteiger partial charge >= 0.3 is 0 Å². The Morgan fingerprint density at radius 2 is 1.85 bits per heavy atom. The maximum absolute atomic E-state index is 9.57. The van der Waals surface area contributed by atoms with Gasteiger partial charge in [-0.05, 0) is 61.7 Å². The number of allylic oxidation sites excluding steroid dienone is 2. The average molecular weight is 368 g/mol. The van der Waals surface area contributed by atoms with Crippen molar-refractivity contribution in [1.29, 1.82) is 5.26 Å². The lowest BCUT2D eigenvalue weighted by molar-refractivity contribution is 0.285. The van der Waals surface area contributed by atoms with Crippen LogP contribution >= 0.6 is 11.6 Å². The van der Waals surface area contributed by atoms with Gasteiger partial charge < -0.3 is 9.47 Å². The first kappa shape index (κ1) is 19.6. The van der Waals surface area contributed by atoms with Gasteiger partial charge in [-0.15, -0.1) is 6.58 Å². The fourth-order valence-corrected chi connectivity index (χ4v) is 2.75. The molecule has 134 valence electrons. The van der Waals surface area contributed by atoms with Crippen molar-refractivity contribution >= 4 is 23.3 Å². The molecule has 0 fully saturated rings. The second-order valence-electron chi connectivity index (χ2n) is 5.54. The molecule has 0 bridgehead atoms. The maximum Gasteiger partial charge on any atom is 0.164 e. The summed E-state index contributed by atoms with van der Waals surface area (Å²) < 4.78 is 11.5. The first-order valence-electron chi connectivity index (χ1n) is 8.54. The molecule has 0 aliphatic rings. The van der Waals surface area contributed by atoms with E-state index in [0.717, 1.165) is 22.4 Å². The standard InChI is InChI=1S/C22H22ClNO2/c1-4-7-18-12-16(14-21(25-5-2)22(18)26-6-3)13-19(15-24)17-8-10-20(23)11-9-17/h4,8-14H,1,5-7H2,2-3H3/b19-13+. The van der Waals surface area contributed by atoms with E-state index in [1.165, 1.54) is 0 Å². The van der Waals surface area contributed by atoms with Crippen LogP contribution in [0.4, 0.5) is 0 Å². The predicted octanol–water partition coefficient (Wildman–Crippen LogP) is 5.93. The van der Waals surface area contributed by atoms with E-state index in [1.54, 1.807) is 12.1 Å². The number of nitriles is 1. The number of nitrogens with zero attached hydrogens (tertiary/aromatic N) is 1. The van der Waals surface area contributed by atoms with Crippen LogP contribution in [0.15, 0.2) is 49.1 Å². The second-order valence-corrected chi connectivity index (χ2v) is 5.98. The molecule has 0 aliphatic heterocycles. The van der Waals surface area contributed by atoms with Crippen LogP contribution in [-0.2, 0) is 6.42 Å². The zero-order chi connectivity index (χ0) is 18.9. The van der Waals surface area contributed by atoms with Crippen LogP contribution in [-0.4, -0.2) is 13.2 Å². The number of ether oxygens (including phenoxy) is 2. The Balaban J connectivity index is 2.54. The summed E-state index contributed by atoms with van der Waals surface area (Å²) in [5.74, 6) is 1.41. The molecule has 0 unspecified atom stereocenters. The fourth-order valence-electron chi connectivity index (χ4n) is 2.62. The molecule has 3 nitrogen and oxygen atoms in total. The molecule has 2 aromatic carbocycles. The summed E-state index contributed by atoms with van der Waals surface area (Å²) in [5.41, 5.74) is 3.22. The first-order valence-corrected chi connectivity index (χ1v) is 8.91. The predicted molar refractivity (Wildman–Crippen MR) is 108 cm³/mol. The summed E-state index contributed by atoms with van der Waals surface area (Å²) >= 11 is 5.94. The maximum atomic E-state index is 9.57. The van der Waals surface area contributed by atoms with Crippen LogP contribution in [0.1, 0.15) is 30.5 Å². The number of benzene rings is 2. The van der Waals surface area contributed by atoms with Crippen molar-refractivity contribution in [3.05, 3.63) is 70.8 Å². The zero-order valence-electron chi connectivity index (χ0n) is 15.1. The largest absolute Gasteiger partial charge is 0.490 e. The highest BCUT2D eigenvalue weighted by molar-refractivity contribution is 6.30. The number of rotatable bonds is 8. The highest BCUT2D eigenvalue weighted by atomic mass is 35.5. The zero-order valence-corrected chi connectivity index (χ0v) is 15.8. The van der Waals surface area contributed by atoms with Crippen LogP contribution in [0.2, 0.25) is 5.02 Å². The molecular formula is C22H22ClNO2. The van der Waals surface area contributed by atoms with E-state index in [1.807, 2.05) is 50.3 Å². The van der Waals surface area contributed by atoms with Crippen molar-refractivity contribution in [3.63, 3.8) is 0 Å². The molecule has 2 rings (SSSR count). The third-order valence-corrected chi connectivity index (χ3v) is 3.95. The average Bonchev–Trinajstić information content (AvgIpc) is 2.64. The SMILES string of the molecule is C=CCc1cc(/C=C(\C#N)c2ccc(Cl)cc2)cc(OCC)c1OCC. The smallest absolute Gasteiger partial charge is 0.164 e. The fraction of sp³-hybridized carbons (Fsp3) is 0.227. The first-order chi connectivity index (χ1) is 12.6. The van der Waals surface area contributed by atoms with Crippen molar-refractivity contribution < 1.29 is 9.47 Å². The Hall–Kier alpha value is -2.70. The highest BCUT2D eigenvalue weighted by Crippen LogP contribution is 2.35. The van der Waals surface area contributed by atoms with E-state index in [-0.39, 0.29) is 0 Å². The molecule has 0 saturated heterocycles. The minimum Gasteiger partial charge on any atom is -0.490 e. The summed E-state index contributed by atoms with van der Waals surface area (Å²) in [4.78, 5) is 0. The molecule has 0 aliphatic carbocycles. The van der Waals surface area contributed by atoms with E-state index in [9.17, 15) is 5.26 Å². The van der Waals surface area contributed by atoms with Crippen molar-refractivity contribution in [2.24, 2.45) is 0 Å². The topological polar surface area (TPSA) is 42.2 Å². The van der Waals surface area contributed by atoms with E-state index < -0.39 is 0 Å². The van der Waals surface area contributed by atoms with Gasteiger partial charge in [0.2, 0.25) is 0 Å². The summed E-state index contributed by atoms with van der Waals surface area (Å²) in [6.45, 7) is 8.77. The monoisotopic (exact) mass is 367 g/mol. The molecule has 0 amide bonds. The van der Waals surface area contributed by atoms with Crippen LogP contribution in [0.3, 0.4) is 0 Å². The number of hydrogen-bond donors (Lipinski definition) is 0. The minimum atomic E-state index is 0.531. The summed E-state index contributed by atoms with van der Waals surface area (Å²) in [6, 6.07) is 13.4. The van der Waals surface area contributed by atoms with Gasteiger partial charge in [-0.3, -0.25) is 0 Å². The van der Waals surface area contributed by atoms with E-state index in [4.69, 9.17) is 21.1 Å². The van der Waals surface area contributed by atoms with Gasteiger partial charge in [-0.25, -0.2) is 0 Å². The molecule has 0 atom stereocenters. The molecule has 0 radical (unpaired) electrons. The Kier molecular flexibility index (Phi) is 7.32. The molecule has 0 heterocycles. The van der Waals surface area contributed by atoms with Gasteiger partial charge in [0.15, 0.2) is 11.5 Å². The second kappa shape index (κ2) is 9.70. The Bertz CT molecular complexity index is 832. The van der Waals surface area contributed by atoms with Crippen molar-refractivity contribution in [2.75, 3.05) is 13.2 Å². The molecule has 0 spiro atoms. The van der Waals surface area contributed by atoms with Crippen molar-refractivity contribution in [2.45, 2.75) is 20.3 Å². The third kappa shape index (κ3) is 4.91. The van der Waals surface area contributed by atoms with E-state index in [2.05, 4.69) is 12.6 Å². The van der Waals surface area contributed by atoms with Crippen LogP contribution in [0.5, 0.6) is 11.5 Å². The number of halogens is 1. The quantitative estimate of drug-likeness (QED) is 0.330. The van der Waals surface area contributed by atoms with Crippen LogP contribution in [0, 0.1) is 11.3 Å². The van der Waals surface area contributed by atoms with Crippen LogP contribution < -0.4 is 9.47 Å². The molecular weight excluding hydrogens is 346 g/mol. The Labute approximate surface area is 160 Å². The van der Waals surface area contributed by atoms with E-state index in [0.29, 0.717) is 36.0 Å². The molecule has 26 heavy (non-hydrogen) atoms. The van der Waals surface area contributed by atoms with Gasteiger partial charge in [0.1, 0.15) is 0 Å². The minimum absolute atomic E-state index is 0.531. The van der Waals surface area contributed by atoms with E-state index >= 15 is 0 Å². The molecule has 2 aromatic rings. The number of hydrogen-bond acceptors (Lipinski definition) is 3. The van der Waals surface area contributed by atoms with Crippen molar-refractivity contribution in [1.82, 2.24) is 0 Å². The van der Waals surface area contributed by atoms with Gasteiger partial charge in [-0.2, -0.15) is 5.26 Å². The van der Waals surface area contributed by atoms with Gasteiger partial charge in [0.05, 0.1) is 24.9 Å². The molecule has 0 saturated carbocycles. The summed E-state index contributed by atoms with van der Waals surface area (Å²) in [5, 5.41) is 10.2. The Morgan fingerprint density at radius 3 is 2.42 bits per heavy atom. The molecule has 4 heteroatoms. The van der Waals surface area contributed by atoms with Crippen LogP contribution in [0.25, 0.3) is 11.6 Å². The Morgan fingerprint density at radius 1 is 1.15 bits per heavy atom.